The highest BCUT2D eigenvalue weighted by molar-refractivity contribution is 5.94. The number of hydrogen-bond donors (Lipinski definition) is 0. The Balaban J connectivity index is 1.48. The van der Waals surface area contributed by atoms with Gasteiger partial charge >= 0.3 is 0 Å². The van der Waals surface area contributed by atoms with Gasteiger partial charge in [0.2, 0.25) is 5.88 Å². The number of ether oxygens (including phenoxy) is 1. The Kier molecular flexibility index (Phi) is 5.28. The maximum absolute atomic E-state index is 12.7. The SMILES string of the molecule is Cc1cccc(Oc2cncc([C@H]3CCCN(C(=O)c4cccnc4)C3)n2)c1. The zero-order valence-electron chi connectivity index (χ0n) is 15.8. The van der Waals surface area contributed by atoms with Gasteiger partial charge in [-0.15, -0.1) is 0 Å². The van der Waals surface area contributed by atoms with Gasteiger partial charge in [0.1, 0.15) is 5.75 Å². The number of pyridine rings is 1. The number of hydrogen-bond acceptors (Lipinski definition) is 5. The fourth-order valence-corrected chi connectivity index (χ4v) is 3.48. The summed E-state index contributed by atoms with van der Waals surface area (Å²) in [5, 5.41) is 0. The number of benzene rings is 1. The van der Waals surface area contributed by atoms with Crippen LogP contribution >= 0.6 is 0 Å². The summed E-state index contributed by atoms with van der Waals surface area (Å²) in [6.07, 6.45) is 8.58. The minimum absolute atomic E-state index is 0.0120. The number of rotatable bonds is 4. The van der Waals surface area contributed by atoms with Gasteiger partial charge in [-0.3, -0.25) is 14.8 Å². The monoisotopic (exact) mass is 374 g/mol. The third-order valence-corrected chi connectivity index (χ3v) is 4.88. The van der Waals surface area contributed by atoms with Crippen LogP contribution in [-0.4, -0.2) is 38.8 Å². The summed E-state index contributed by atoms with van der Waals surface area (Å²) in [6, 6.07) is 11.4. The molecule has 1 amide bonds. The van der Waals surface area contributed by atoms with Gasteiger partial charge in [0, 0.05) is 37.6 Å². The molecule has 0 saturated carbocycles. The number of piperidine rings is 1. The number of carbonyl (C=O) groups is 1. The van der Waals surface area contributed by atoms with Gasteiger partial charge in [-0.25, -0.2) is 4.98 Å². The van der Waals surface area contributed by atoms with Gasteiger partial charge in [0.15, 0.2) is 0 Å². The van der Waals surface area contributed by atoms with E-state index in [9.17, 15) is 4.79 Å². The van der Waals surface area contributed by atoms with Crippen LogP contribution in [0.3, 0.4) is 0 Å². The molecule has 142 valence electrons. The van der Waals surface area contributed by atoms with Crippen molar-refractivity contribution in [1.82, 2.24) is 19.9 Å². The Morgan fingerprint density at radius 2 is 2.07 bits per heavy atom. The Morgan fingerprint density at radius 3 is 2.89 bits per heavy atom. The zero-order valence-corrected chi connectivity index (χ0v) is 15.8. The molecule has 6 nitrogen and oxygen atoms in total. The normalized spacial score (nSPS) is 16.6. The molecule has 4 rings (SSSR count). The molecule has 0 unspecified atom stereocenters. The van der Waals surface area contributed by atoms with Crippen molar-refractivity contribution in [3.8, 4) is 11.6 Å². The quantitative estimate of drug-likeness (QED) is 0.691. The maximum Gasteiger partial charge on any atom is 0.255 e. The minimum Gasteiger partial charge on any atom is -0.437 e. The minimum atomic E-state index is 0.0120. The molecule has 1 fully saturated rings. The second kappa shape index (κ2) is 8.17. The standard InChI is InChI=1S/C22H22N4O2/c1-16-5-2-8-19(11-16)28-21-14-24-13-20(25-21)18-7-4-10-26(15-18)22(27)17-6-3-9-23-12-17/h2-3,5-6,8-9,11-14,18H,4,7,10,15H2,1H3/t18-/m0/s1. The average molecular weight is 374 g/mol. The van der Waals surface area contributed by atoms with Gasteiger partial charge in [0.05, 0.1) is 17.5 Å². The van der Waals surface area contributed by atoms with Gasteiger partial charge in [-0.2, -0.15) is 0 Å². The summed E-state index contributed by atoms with van der Waals surface area (Å²) in [4.78, 5) is 27.6. The molecule has 2 aromatic heterocycles. The van der Waals surface area contributed by atoms with Crippen molar-refractivity contribution < 1.29 is 9.53 Å². The van der Waals surface area contributed by atoms with Gasteiger partial charge < -0.3 is 9.64 Å². The molecule has 28 heavy (non-hydrogen) atoms. The first-order chi connectivity index (χ1) is 13.7. The molecule has 1 atom stereocenters. The number of aryl methyl sites for hydroxylation is 1. The molecule has 3 heterocycles. The Morgan fingerprint density at radius 1 is 1.14 bits per heavy atom. The molecule has 0 spiro atoms. The average Bonchev–Trinajstić information content (AvgIpc) is 2.74. The fraction of sp³-hybridized carbons (Fsp3) is 0.273. The lowest BCUT2D eigenvalue weighted by Gasteiger charge is -2.32. The first-order valence-electron chi connectivity index (χ1n) is 9.45. The smallest absolute Gasteiger partial charge is 0.255 e. The molecular weight excluding hydrogens is 352 g/mol. The van der Waals surface area contributed by atoms with Crippen LogP contribution in [0.4, 0.5) is 0 Å². The summed E-state index contributed by atoms with van der Waals surface area (Å²) >= 11 is 0. The van der Waals surface area contributed by atoms with E-state index in [1.54, 1.807) is 36.9 Å². The van der Waals surface area contributed by atoms with E-state index < -0.39 is 0 Å². The zero-order chi connectivity index (χ0) is 19.3. The number of likely N-dealkylation sites (tertiary alicyclic amines) is 1. The van der Waals surface area contributed by atoms with Crippen molar-refractivity contribution in [2.45, 2.75) is 25.7 Å². The van der Waals surface area contributed by atoms with E-state index in [4.69, 9.17) is 4.74 Å². The van der Waals surface area contributed by atoms with E-state index >= 15 is 0 Å². The van der Waals surface area contributed by atoms with Crippen molar-refractivity contribution in [3.63, 3.8) is 0 Å². The van der Waals surface area contributed by atoms with Crippen molar-refractivity contribution in [3.05, 3.63) is 78.0 Å². The van der Waals surface area contributed by atoms with Crippen LogP contribution in [0.5, 0.6) is 11.6 Å². The topological polar surface area (TPSA) is 68.2 Å². The number of aromatic nitrogens is 3. The first kappa shape index (κ1) is 18.1. The molecule has 0 bridgehead atoms. The molecule has 1 saturated heterocycles. The summed E-state index contributed by atoms with van der Waals surface area (Å²) < 4.78 is 5.87. The van der Waals surface area contributed by atoms with E-state index in [1.165, 1.54) is 0 Å². The lowest BCUT2D eigenvalue weighted by Crippen LogP contribution is -2.39. The van der Waals surface area contributed by atoms with E-state index in [0.29, 0.717) is 18.0 Å². The summed E-state index contributed by atoms with van der Waals surface area (Å²) in [6.45, 7) is 3.39. The summed E-state index contributed by atoms with van der Waals surface area (Å²) in [5.41, 5.74) is 2.60. The lowest BCUT2D eigenvalue weighted by molar-refractivity contribution is 0.0705. The van der Waals surface area contributed by atoms with Crippen LogP contribution < -0.4 is 4.74 Å². The van der Waals surface area contributed by atoms with Crippen LogP contribution in [0.25, 0.3) is 0 Å². The summed E-state index contributed by atoms with van der Waals surface area (Å²) in [7, 11) is 0. The molecule has 1 aliphatic heterocycles. The second-order valence-corrected chi connectivity index (χ2v) is 7.03. The highest BCUT2D eigenvalue weighted by Gasteiger charge is 2.27. The van der Waals surface area contributed by atoms with Gasteiger partial charge in [-0.1, -0.05) is 12.1 Å². The van der Waals surface area contributed by atoms with E-state index in [1.807, 2.05) is 36.1 Å². The Hall–Kier alpha value is -3.28. The number of nitrogens with zero attached hydrogens (tertiary/aromatic N) is 4. The molecule has 6 heteroatoms. The predicted molar refractivity (Wildman–Crippen MR) is 105 cm³/mol. The largest absolute Gasteiger partial charge is 0.437 e. The van der Waals surface area contributed by atoms with Crippen molar-refractivity contribution in [2.75, 3.05) is 13.1 Å². The molecule has 1 aliphatic rings. The van der Waals surface area contributed by atoms with Crippen molar-refractivity contribution in [1.29, 1.82) is 0 Å². The maximum atomic E-state index is 12.7. The molecule has 0 N–H and O–H groups in total. The number of amides is 1. The third-order valence-electron chi connectivity index (χ3n) is 4.88. The van der Waals surface area contributed by atoms with Crippen molar-refractivity contribution >= 4 is 5.91 Å². The van der Waals surface area contributed by atoms with Crippen molar-refractivity contribution in [2.24, 2.45) is 0 Å². The van der Waals surface area contributed by atoms with Gasteiger partial charge in [0.25, 0.3) is 5.91 Å². The molecular formula is C22H22N4O2. The van der Waals surface area contributed by atoms with Crippen LogP contribution in [0, 0.1) is 6.92 Å². The Labute approximate surface area is 164 Å². The fourth-order valence-electron chi connectivity index (χ4n) is 3.48. The number of carbonyl (C=O) groups excluding carboxylic acids is 1. The van der Waals surface area contributed by atoms with Crippen LogP contribution in [0.2, 0.25) is 0 Å². The third kappa shape index (κ3) is 4.17. The van der Waals surface area contributed by atoms with Crippen LogP contribution in [0.15, 0.2) is 61.2 Å². The molecule has 0 aliphatic carbocycles. The molecule has 0 radical (unpaired) electrons. The second-order valence-electron chi connectivity index (χ2n) is 7.03. The lowest BCUT2D eigenvalue weighted by atomic mass is 9.94. The van der Waals surface area contributed by atoms with E-state index in [0.717, 1.165) is 36.4 Å². The van der Waals surface area contributed by atoms with Crippen LogP contribution in [-0.2, 0) is 0 Å². The Bertz CT molecular complexity index is 962. The highest BCUT2D eigenvalue weighted by atomic mass is 16.5. The highest BCUT2D eigenvalue weighted by Crippen LogP contribution is 2.28. The summed E-state index contributed by atoms with van der Waals surface area (Å²) in [5.74, 6) is 1.36. The first-order valence-corrected chi connectivity index (χ1v) is 9.45. The molecule has 3 aromatic rings. The van der Waals surface area contributed by atoms with E-state index in [2.05, 4.69) is 15.0 Å². The van der Waals surface area contributed by atoms with E-state index in [-0.39, 0.29) is 11.8 Å². The molecule has 1 aromatic carbocycles. The van der Waals surface area contributed by atoms with Gasteiger partial charge in [-0.05, 0) is 49.6 Å². The predicted octanol–water partition coefficient (Wildman–Crippen LogP) is 3.99. The van der Waals surface area contributed by atoms with Crippen LogP contribution in [0.1, 0.15) is 40.4 Å².